The first-order chi connectivity index (χ1) is 7.15. The number of carbonyl (C=O) groups excluding carboxylic acids is 1. The number of halogens is 1. The van der Waals surface area contributed by atoms with Crippen LogP contribution in [0.1, 0.15) is 12.0 Å². The summed E-state index contributed by atoms with van der Waals surface area (Å²) in [5.74, 6) is -0.166. The van der Waals surface area contributed by atoms with Gasteiger partial charge in [0.05, 0.1) is 0 Å². The number of rotatable bonds is 2. The van der Waals surface area contributed by atoms with E-state index in [9.17, 15) is 9.18 Å². The fraction of sp³-hybridized carbons (Fsp3) is 0.364. The minimum absolute atomic E-state index is 0.0965. The fourth-order valence-electron chi connectivity index (χ4n) is 1.76. The molecular weight excluding hydrogens is 213 g/mol. The Morgan fingerprint density at radius 3 is 2.93 bits per heavy atom. The Labute approximate surface area is 93.5 Å². The summed E-state index contributed by atoms with van der Waals surface area (Å²) in [5, 5.41) is 0.117. The molecule has 2 nitrogen and oxygen atoms in total. The predicted molar refractivity (Wildman–Crippen MR) is 59.2 cm³/mol. The van der Waals surface area contributed by atoms with E-state index in [0.29, 0.717) is 19.5 Å². The molecule has 15 heavy (non-hydrogen) atoms. The van der Waals surface area contributed by atoms with Gasteiger partial charge in [-0.05, 0) is 17.7 Å². The highest BCUT2D eigenvalue weighted by atomic mass is 32.1. The summed E-state index contributed by atoms with van der Waals surface area (Å²) < 4.78 is 12.9. The van der Waals surface area contributed by atoms with Crippen LogP contribution < -0.4 is 0 Å². The van der Waals surface area contributed by atoms with Crippen LogP contribution in [0.25, 0.3) is 0 Å². The van der Waals surface area contributed by atoms with Gasteiger partial charge < -0.3 is 4.90 Å². The Morgan fingerprint density at radius 1 is 1.53 bits per heavy atom. The van der Waals surface area contributed by atoms with E-state index in [1.54, 1.807) is 11.0 Å². The molecule has 0 radical (unpaired) electrons. The molecule has 1 aromatic carbocycles. The van der Waals surface area contributed by atoms with Gasteiger partial charge in [0.2, 0.25) is 5.91 Å². The van der Waals surface area contributed by atoms with Crippen LogP contribution in [0, 0.1) is 5.82 Å². The largest absolute Gasteiger partial charge is 0.337 e. The zero-order valence-electron chi connectivity index (χ0n) is 8.19. The number of benzene rings is 1. The molecule has 1 unspecified atom stereocenters. The Bertz CT molecular complexity index is 383. The van der Waals surface area contributed by atoms with Crippen molar-refractivity contribution in [3.05, 3.63) is 35.6 Å². The maximum Gasteiger partial charge on any atom is 0.224 e. The first-order valence-corrected chi connectivity index (χ1v) is 5.37. The third kappa shape index (κ3) is 2.50. The summed E-state index contributed by atoms with van der Waals surface area (Å²) in [7, 11) is 0. The zero-order valence-corrected chi connectivity index (χ0v) is 9.08. The van der Waals surface area contributed by atoms with Gasteiger partial charge in [0, 0.05) is 24.8 Å². The van der Waals surface area contributed by atoms with Crippen molar-refractivity contribution in [3.8, 4) is 0 Å². The van der Waals surface area contributed by atoms with E-state index in [1.807, 2.05) is 6.07 Å². The third-order valence-corrected chi connectivity index (χ3v) is 2.80. The predicted octanol–water partition coefficient (Wildman–Crippen LogP) is 1.86. The molecule has 0 aromatic heterocycles. The van der Waals surface area contributed by atoms with Crippen molar-refractivity contribution in [1.29, 1.82) is 0 Å². The van der Waals surface area contributed by atoms with Crippen molar-refractivity contribution in [3.63, 3.8) is 0 Å². The molecule has 0 aliphatic carbocycles. The molecule has 1 fully saturated rings. The summed E-state index contributed by atoms with van der Waals surface area (Å²) >= 11 is 4.26. The molecule has 1 aromatic rings. The smallest absolute Gasteiger partial charge is 0.224 e. The molecule has 2 rings (SSSR count). The lowest BCUT2D eigenvalue weighted by Gasteiger charge is -2.15. The van der Waals surface area contributed by atoms with E-state index in [4.69, 9.17) is 0 Å². The summed E-state index contributed by atoms with van der Waals surface area (Å²) in [5.41, 5.74) is 0.825. The monoisotopic (exact) mass is 225 g/mol. The molecule has 0 N–H and O–H groups in total. The van der Waals surface area contributed by atoms with Gasteiger partial charge in [-0.15, -0.1) is 0 Å². The van der Waals surface area contributed by atoms with Crippen LogP contribution >= 0.6 is 12.6 Å². The Morgan fingerprint density at radius 2 is 2.33 bits per heavy atom. The van der Waals surface area contributed by atoms with Crippen LogP contribution in [0.2, 0.25) is 0 Å². The number of likely N-dealkylation sites (tertiary alicyclic amines) is 1. The van der Waals surface area contributed by atoms with Crippen molar-refractivity contribution in [2.24, 2.45) is 0 Å². The lowest BCUT2D eigenvalue weighted by atomic mass is 10.2. The van der Waals surface area contributed by atoms with Crippen molar-refractivity contribution in [2.45, 2.75) is 18.2 Å². The average molecular weight is 225 g/mol. The summed E-state index contributed by atoms with van der Waals surface area (Å²) in [4.78, 5) is 13.2. The quantitative estimate of drug-likeness (QED) is 0.762. The second-order valence-electron chi connectivity index (χ2n) is 3.76. The van der Waals surface area contributed by atoms with Crippen molar-refractivity contribution in [2.75, 3.05) is 6.54 Å². The van der Waals surface area contributed by atoms with Gasteiger partial charge in [0.1, 0.15) is 5.82 Å². The first-order valence-electron chi connectivity index (χ1n) is 4.85. The van der Waals surface area contributed by atoms with Crippen molar-refractivity contribution < 1.29 is 9.18 Å². The molecule has 80 valence electrons. The number of carbonyl (C=O) groups is 1. The zero-order chi connectivity index (χ0) is 10.8. The van der Waals surface area contributed by atoms with Crippen molar-refractivity contribution >= 4 is 18.5 Å². The molecule has 1 aliphatic heterocycles. The van der Waals surface area contributed by atoms with Crippen LogP contribution in [-0.2, 0) is 11.3 Å². The number of amides is 1. The number of hydrogen-bond acceptors (Lipinski definition) is 2. The minimum atomic E-state index is -0.262. The molecule has 1 saturated heterocycles. The lowest BCUT2D eigenvalue weighted by molar-refractivity contribution is -0.128. The van der Waals surface area contributed by atoms with Gasteiger partial charge in [-0.3, -0.25) is 4.79 Å². The fourth-order valence-corrected chi connectivity index (χ4v) is 2.11. The first kappa shape index (κ1) is 10.5. The van der Waals surface area contributed by atoms with E-state index in [1.165, 1.54) is 12.1 Å². The standard InChI is InChI=1S/C11H12FNOS/c12-9-3-1-2-8(4-9)6-13-7-10(15)5-11(13)14/h1-4,10,15H,5-7H2. The molecular formula is C11H12FNOS. The van der Waals surface area contributed by atoms with Gasteiger partial charge in [-0.1, -0.05) is 12.1 Å². The van der Waals surface area contributed by atoms with E-state index in [2.05, 4.69) is 12.6 Å². The molecule has 0 spiro atoms. The van der Waals surface area contributed by atoms with Gasteiger partial charge in [0.15, 0.2) is 0 Å². The van der Waals surface area contributed by atoms with E-state index < -0.39 is 0 Å². The van der Waals surface area contributed by atoms with Crippen LogP contribution in [-0.4, -0.2) is 22.6 Å². The Hall–Kier alpha value is -1.03. The van der Waals surface area contributed by atoms with Gasteiger partial charge >= 0.3 is 0 Å². The molecule has 0 saturated carbocycles. The average Bonchev–Trinajstić information content (AvgIpc) is 2.45. The van der Waals surface area contributed by atoms with Crippen LogP contribution in [0.15, 0.2) is 24.3 Å². The lowest BCUT2D eigenvalue weighted by Crippen LogP contribution is -2.24. The highest BCUT2D eigenvalue weighted by Crippen LogP contribution is 2.18. The molecule has 1 aliphatic rings. The molecule has 1 atom stereocenters. The van der Waals surface area contributed by atoms with E-state index in [0.717, 1.165) is 5.56 Å². The summed E-state index contributed by atoms with van der Waals surface area (Å²) in [6.07, 6.45) is 0.485. The normalized spacial score (nSPS) is 21.1. The maximum absolute atomic E-state index is 12.9. The number of hydrogen-bond donors (Lipinski definition) is 1. The number of thiol groups is 1. The van der Waals surface area contributed by atoms with Crippen LogP contribution in [0.4, 0.5) is 4.39 Å². The molecule has 4 heteroatoms. The minimum Gasteiger partial charge on any atom is -0.337 e. The van der Waals surface area contributed by atoms with E-state index in [-0.39, 0.29) is 17.0 Å². The van der Waals surface area contributed by atoms with Gasteiger partial charge in [0.25, 0.3) is 0 Å². The third-order valence-electron chi connectivity index (χ3n) is 2.46. The maximum atomic E-state index is 12.9. The second-order valence-corrected chi connectivity index (χ2v) is 4.49. The topological polar surface area (TPSA) is 20.3 Å². The molecule has 1 amide bonds. The van der Waals surface area contributed by atoms with Crippen LogP contribution in [0.5, 0.6) is 0 Å². The molecule has 0 bridgehead atoms. The Balaban J connectivity index is 2.06. The van der Waals surface area contributed by atoms with Gasteiger partial charge in [-0.2, -0.15) is 12.6 Å². The number of nitrogens with zero attached hydrogens (tertiary/aromatic N) is 1. The highest BCUT2D eigenvalue weighted by molar-refractivity contribution is 7.81. The van der Waals surface area contributed by atoms with Crippen molar-refractivity contribution in [1.82, 2.24) is 4.90 Å². The Kier molecular flexibility index (Phi) is 2.95. The summed E-state index contributed by atoms with van der Waals surface area (Å²) in [6, 6.07) is 6.33. The van der Waals surface area contributed by atoms with Gasteiger partial charge in [-0.25, -0.2) is 4.39 Å². The second kappa shape index (κ2) is 4.23. The highest BCUT2D eigenvalue weighted by Gasteiger charge is 2.26. The molecule has 1 heterocycles. The van der Waals surface area contributed by atoms with E-state index >= 15 is 0 Å². The SMILES string of the molecule is O=C1CC(S)CN1Cc1cccc(F)c1. The summed E-state index contributed by atoms with van der Waals surface area (Å²) in [6.45, 7) is 1.13. The van der Waals surface area contributed by atoms with Crippen LogP contribution in [0.3, 0.4) is 0 Å².